The molecule has 0 saturated carbocycles. The molecule has 1 aromatic carbocycles. The van der Waals surface area contributed by atoms with E-state index >= 15 is 0 Å². The molecule has 0 radical (unpaired) electrons. The van der Waals surface area contributed by atoms with Gasteiger partial charge < -0.3 is 0 Å². The van der Waals surface area contributed by atoms with Gasteiger partial charge in [-0.25, -0.2) is 4.98 Å². The van der Waals surface area contributed by atoms with Gasteiger partial charge in [0.1, 0.15) is 0 Å². The van der Waals surface area contributed by atoms with E-state index in [1.54, 1.807) is 0 Å². The number of pyridine rings is 3. The van der Waals surface area contributed by atoms with Crippen molar-refractivity contribution in [1.82, 2.24) is 15.0 Å². The molecule has 1 unspecified atom stereocenters. The number of aromatic nitrogens is 3. The van der Waals surface area contributed by atoms with Crippen molar-refractivity contribution in [3.63, 3.8) is 0 Å². The van der Waals surface area contributed by atoms with Crippen molar-refractivity contribution < 1.29 is 0 Å². The van der Waals surface area contributed by atoms with Crippen LogP contribution in [0.5, 0.6) is 0 Å². The molecule has 0 amide bonds. The predicted molar refractivity (Wildman–Crippen MR) is 211 cm³/mol. The van der Waals surface area contributed by atoms with Crippen LogP contribution in [-0.2, 0) is 5.41 Å². The van der Waals surface area contributed by atoms with Crippen LogP contribution in [0.4, 0.5) is 0 Å². The van der Waals surface area contributed by atoms with Crippen molar-refractivity contribution in [2.75, 3.05) is 0 Å². The molecule has 0 bridgehead atoms. The lowest BCUT2D eigenvalue weighted by molar-refractivity contribution is 0.597. The average Bonchev–Trinajstić information content (AvgIpc) is 3.19. The molecule has 0 saturated heterocycles. The van der Waals surface area contributed by atoms with Gasteiger partial charge in [-0.1, -0.05) is 111 Å². The highest BCUT2D eigenvalue weighted by molar-refractivity contribution is 5.87. The first-order chi connectivity index (χ1) is 24.4. The molecule has 3 aromatic heterocycles. The van der Waals surface area contributed by atoms with E-state index in [-0.39, 0.29) is 11.3 Å². The minimum atomic E-state index is -0.0404. The molecule has 3 heteroatoms. The van der Waals surface area contributed by atoms with Gasteiger partial charge in [0.15, 0.2) is 0 Å². The van der Waals surface area contributed by atoms with Crippen molar-refractivity contribution in [3.8, 4) is 11.3 Å². The quantitative estimate of drug-likeness (QED) is 0.169. The van der Waals surface area contributed by atoms with E-state index in [2.05, 4.69) is 160 Å². The van der Waals surface area contributed by atoms with Crippen LogP contribution in [-0.4, -0.2) is 15.0 Å². The zero-order valence-electron chi connectivity index (χ0n) is 29.4. The maximum atomic E-state index is 5.20. The Morgan fingerprint density at radius 3 is 2.46 bits per heavy atom. The second-order valence-electron chi connectivity index (χ2n) is 13.8. The summed E-state index contributed by atoms with van der Waals surface area (Å²) in [6.07, 6.45) is 36.0. The van der Waals surface area contributed by atoms with Gasteiger partial charge in [-0.15, -0.1) is 0 Å². The molecule has 50 heavy (non-hydrogen) atoms. The van der Waals surface area contributed by atoms with Crippen molar-refractivity contribution in [2.45, 2.75) is 64.2 Å². The van der Waals surface area contributed by atoms with Crippen molar-refractivity contribution in [1.29, 1.82) is 0 Å². The summed E-state index contributed by atoms with van der Waals surface area (Å²) in [7, 11) is 0. The summed E-state index contributed by atoms with van der Waals surface area (Å²) >= 11 is 0. The Bertz CT molecular complexity index is 2120. The molecule has 7 rings (SSSR count). The topological polar surface area (TPSA) is 38.7 Å². The van der Waals surface area contributed by atoms with Crippen LogP contribution in [0, 0.1) is 0 Å². The Balaban J connectivity index is 1.35. The Morgan fingerprint density at radius 1 is 0.820 bits per heavy atom. The van der Waals surface area contributed by atoms with Gasteiger partial charge in [0.25, 0.3) is 0 Å². The first-order valence-corrected chi connectivity index (χ1v) is 17.9. The Kier molecular flexibility index (Phi) is 9.93. The highest BCUT2D eigenvalue weighted by Gasteiger charge is 2.24. The summed E-state index contributed by atoms with van der Waals surface area (Å²) in [5, 5.41) is 0. The van der Waals surface area contributed by atoms with Gasteiger partial charge in [-0.05, 0) is 120 Å². The maximum Gasteiger partial charge on any atom is 0.0715 e. The average molecular weight is 652 g/mol. The van der Waals surface area contributed by atoms with Crippen LogP contribution < -0.4 is 0 Å². The highest BCUT2D eigenvalue weighted by atomic mass is 14.7. The van der Waals surface area contributed by atoms with Crippen LogP contribution >= 0.6 is 0 Å². The second-order valence-corrected chi connectivity index (χ2v) is 13.8. The molecule has 4 aromatic rings. The smallest absolute Gasteiger partial charge is 0.0715 e. The molecular weight excluding hydrogens is 607 g/mol. The van der Waals surface area contributed by atoms with E-state index < -0.39 is 0 Å². The number of hydrogen-bond donors (Lipinski definition) is 0. The van der Waals surface area contributed by atoms with Crippen LogP contribution in [0.15, 0.2) is 152 Å². The van der Waals surface area contributed by atoms with E-state index in [9.17, 15) is 0 Å². The van der Waals surface area contributed by atoms with Gasteiger partial charge >= 0.3 is 0 Å². The largest absolute Gasteiger partial charge is 0.261 e. The zero-order valence-corrected chi connectivity index (χ0v) is 29.4. The summed E-state index contributed by atoms with van der Waals surface area (Å²) in [4.78, 5) is 15.0. The van der Waals surface area contributed by atoms with Crippen molar-refractivity contribution in [3.05, 3.63) is 186 Å². The van der Waals surface area contributed by atoms with Gasteiger partial charge in [-0.3, -0.25) is 9.97 Å². The number of nitrogens with zero attached hydrogens (tertiary/aromatic N) is 3. The van der Waals surface area contributed by atoms with Crippen molar-refractivity contribution in [2.24, 2.45) is 0 Å². The minimum Gasteiger partial charge on any atom is -0.261 e. The third-order valence-electron chi connectivity index (χ3n) is 10.0. The van der Waals surface area contributed by atoms with Crippen LogP contribution in [0.1, 0.15) is 92.6 Å². The minimum absolute atomic E-state index is 0.0404. The lowest BCUT2D eigenvalue weighted by atomic mass is 9.77. The van der Waals surface area contributed by atoms with Crippen molar-refractivity contribution >= 4 is 22.3 Å². The summed E-state index contributed by atoms with van der Waals surface area (Å²) in [5.74, 6) is 0.0600. The fourth-order valence-electron chi connectivity index (χ4n) is 6.98. The van der Waals surface area contributed by atoms with Crippen LogP contribution in [0.3, 0.4) is 0 Å². The first kappa shape index (κ1) is 33.1. The van der Waals surface area contributed by atoms with E-state index in [0.29, 0.717) is 0 Å². The number of rotatable bonds is 9. The summed E-state index contributed by atoms with van der Waals surface area (Å²) in [6.45, 7) is 6.74. The lowest BCUT2D eigenvalue weighted by Crippen LogP contribution is -2.20. The maximum absolute atomic E-state index is 5.20. The zero-order chi connectivity index (χ0) is 34.3. The normalized spacial score (nSPS) is 19.7. The molecule has 248 valence electrons. The SMILES string of the molecule is C/C(=C\C(=C/C(C)c1cc([C@]2(C)C=CC=CC2)ccn1)c1cc(C2=CCCC=C2)nc(-c2ccccc2)c1)c1cc(C2=CC=CCC2)ccn1. The Hall–Kier alpha value is -5.41. The summed E-state index contributed by atoms with van der Waals surface area (Å²) < 4.78 is 0. The molecule has 0 spiro atoms. The van der Waals surface area contributed by atoms with Gasteiger partial charge in [0.05, 0.1) is 17.1 Å². The molecule has 3 nitrogen and oxygen atoms in total. The van der Waals surface area contributed by atoms with Gasteiger partial charge in [-0.2, -0.15) is 0 Å². The molecule has 3 heterocycles. The van der Waals surface area contributed by atoms with Crippen LogP contribution in [0.2, 0.25) is 0 Å². The van der Waals surface area contributed by atoms with E-state index in [1.807, 2.05) is 12.4 Å². The number of hydrogen-bond acceptors (Lipinski definition) is 3. The number of allylic oxidation sites excluding steroid dienone is 16. The summed E-state index contributed by atoms with van der Waals surface area (Å²) in [5.41, 5.74) is 13.5. The first-order valence-electron chi connectivity index (χ1n) is 17.9. The second kappa shape index (κ2) is 15.0. The lowest BCUT2D eigenvalue weighted by Gasteiger charge is -2.27. The molecular formula is C47H45N3. The predicted octanol–water partition coefficient (Wildman–Crippen LogP) is 12.1. The van der Waals surface area contributed by atoms with E-state index in [4.69, 9.17) is 15.0 Å². The fraction of sp³-hybridized carbons (Fsp3) is 0.213. The third kappa shape index (κ3) is 7.58. The summed E-state index contributed by atoms with van der Waals surface area (Å²) in [6, 6.07) is 23.8. The monoisotopic (exact) mass is 651 g/mol. The standard InChI is InChI=1S/C47H45N3/c1-34(43-30-39(22-26-48-43)36-16-8-4-9-17-36)28-40(29-35(2)44-33-42(23-27-49-44)47(3)24-14-7-15-25-47)41-31-45(37-18-10-5-11-19-37)50-46(32-41)38-20-12-6-13-21-38/h4-5,7-8,10-12,14-16,18-24,26-33,35H,6,9,13,17,25H2,1-3H3/b34-28+,40-29+/t35?,47-/m1/s1. The molecule has 0 N–H and O–H groups in total. The van der Waals surface area contributed by atoms with Gasteiger partial charge in [0.2, 0.25) is 0 Å². The molecule has 0 fully saturated rings. The third-order valence-corrected chi connectivity index (χ3v) is 10.0. The molecule has 0 aliphatic heterocycles. The molecule has 3 aliphatic rings. The van der Waals surface area contributed by atoms with Crippen LogP contribution in [0.25, 0.3) is 33.5 Å². The van der Waals surface area contributed by atoms with E-state index in [1.165, 1.54) is 22.3 Å². The fourth-order valence-corrected chi connectivity index (χ4v) is 6.98. The Labute approximate surface area is 297 Å². The molecule has 2 atom stereocenters. The van der Waals surface area contributed by atoms with Gasteiger partial charge in [0, 0.05) is 35.0 Å². The Morgan fingerprint density at radius 2 is 1.68 bits per heavy atom. The van der Waals surface area contributed by atoms with E-state index in [0.717, 1.165) is 77.2 Å². The number of benzene rings is 1. The highest BCUT2D eigenvalue weighted by Crippen LogP contribution is 2.36. The molecule has 3 aliphatic carbocycles.